The Morgan fingerprint density at radius 2 is 1.02 bits per heavy atom. The third-order valence-electron chi connectivity index (χ3n) is 8.50. The molecule has 0 bridgehead atoms. The molecule has 0 atom stereocenters. The molecule has 2 N–H and O–H groups in total. The maximum atomic E-state index is 7.42. The van der Waals surface area contributed by atoms with Crippen molar-refractivity contribution in [3.8, 4) is 11.5 Å². The van der Waals surface area contributed by atoms with Gasteiger partial charge in [-0.2, -0.15) is 0 Å². The van der Waals surface area contributed by atoms with Gasteiger partial charge in [0.25, 0.3) is 0 Å². The monoisotopic (exact) mass is 686 g/mol. The van der Waals surface area contributed by atoms with Crippen LogP contribution in [-0.4, -0.2) is 12.4 Å². The van der Waals surface area contributed by atoms with Crippen molar-refractivity contribution in [1.29, 1.82) is 10.8 Å². The molecule has 4 aromatic carbocycles. The molecule has 1 saturated carbocycles. The molecule has 0 aliphatic heterocycles. The second kappa shape index (κ2) is 18.3. The lowest BCUT2D eigenvalue weighted by Gasteiger charge is -2.31. The van der Waals surface area contributed by atoms with Crippen molar-refractivity contribution in [2.75, 3.05) is 0 Å². The van der Waals surface area contributed by atoms with Crippen molar-refractivity contribution in [3.63, 3.8) is 0 Å². The summed E-state index contributed by atoms with van der Waals surface area (Å²) in [5.74, 6) is 1.59. The van der Waals surface area contributed by atoms with E-state index < -0.39 is 0 Å². The minimum absolute atomic E-state index is 0.0432. The average Bonchev–Trinajstić information content (AvgIpc) is 3.64. The van der Waals surface area contributed by atoms with Crippen molar-refractivity contribution in [1.82, 2.24) is 0 Å². The predicted molar refractivity (Wildman–Crippen MR) is 214 cm³/mol. The molecule has 4 nitrogen and oxygen atoms in total. The van der Waals surface area contributed by atoms with Gasteiger partial charge in [0, 0.05) is 17.8 Å². The van der Waals surface area contributed by atoms with E-state index >= 15 is 0 Å². The van der Waals surface area contributed by atoms with Crippen molar-refractivity contribution in [2.24, 2.45) is 0 Å². The van der Waals surface area contributed by atoms with E-state index in [2.05, 4.69) is 61.7 Å². The maximum absolute atomic E-state index is 7.42. The SMILES string of the molecule is C=C(C)c1cccc(SOc2ccc(C3(c4ccc(OSc5cccc(C(=C)C)c5/C=C\C=N)cc4)CCCC3)cc2)c1/C=C\C=N.CC. The number of rotatable bonds is 14. The number of benzene rings is 4. The van der Waals surface area contributed by atoms with Crippen LogP contribution in [0.1, 0.15) is 86.8 Å². The van der Waals surface area contributed by atoms with Gasteiger partial charge in [-0.25, -0.2) is 0 Å². The van der Waals surface area contributed by atoms with Gasteiger partial charge in [0.15, 0.2) is 0 Å². The van der Waals surface area contributed by atoms with Crippen LogP contribution in [-0.2, 0) is 5.41 Å². The van der Waals surface area contributed by atoms with Crippen LogP contribution in [0.15, 0.2) is 120 Å². The molecule has 4 aromatic rings. The molecule has 0 spiro atoms. The lowest BCUT2D eigenvalue weighted by atomic mass is 9.73. The molecule has 6 heteroatoms. The van der Waals surface area contributed by atoms with E-state index in [4.69, 9.17) is 19.2 Å². The summed E-state index contributed by atoms with van der Waals surface area (Å²) in [5.41, 5.74) is 8.59. The Hall–Kier alpha value is -4.52. The van der Waals surface area contributed by atoms with Crippen LogP contribution in [0.5, 0.6) is 11.5 Å². The fourth-order valence-electron chi connectivity index (χ4n) is 6.18. The van der Waals surface area contributed by atoms with E-state index in [-0.39, 0.29) is 5.41 Å². The first-order valence-corrected chi connectivity index (χ1v) is 18.2. The van der Waals surface area contributed by atoms with Crippen LogP contribution in [0, 0.1) is 10.8 Å². The molecule has 0 heterocycles. The zero-order chi connectivity index (χ0) is 35.2. The molecule has 49 heavy (non-hydrogen) atoms. The highest BCUT2D eigenvalue weighted by Gasteiger charge is 2.37. The summed E-state index contributed by atoms with van der Waals surface area (Å²) < 4.78 is 12.4. The summed E-state index contributed by atoms with van der Waals surface area (Å²) >= 11 is 2.65. The highest BCUT2D eigenvalue weighted by atomic mass is 32.2. The average molecular weight is 687 g/mol. The first kappa shape index (κ1) is 37.3. The summed E-state index contributed by atoms with van der Waals surface area (Å²) in [6, 6.07) is 29.3. The van der Waals surface area contributed by atoms with Gasteiger partial charge in [0.05, 0.1) is 33.9 Å². The molecule has 1 fully saturated rings. The number of hydrogen-bond acceptors (Lipinski definition) is 6. The van der Waals surface area contributed by atoms with E-state index in [0.29, 0.717) is 0 Å². The van der Waals surface area contributed by atoms with E-state index in [0.717, 1.165) is 67.5 Å². The van der Waals surface area contributed by atoms with Gasteiger partial charge in [0.1, 0.15) is 11.5 Å². The Morgan fingerprint density at radius 1 is 0.633 bits per heavy atom. The first-order valence-electron chi connectivity index (χ1n) is 16.7. The zero-order valence-electron chi connectivity index (χ0n) is 28.9. The van der Waals surface area contributed by atoms with Gasteiger partial charge in [-0.05, 0) is 109 Å². The number of nitrogens with one attached hydrogen (secondary N) is 2. The Kier molecular flexibility index (Phi) is 13.9. The molecule has 0 saturated heterocycles. The Balaban J connectivity index is 0.00000265. The molecule has 1 aliphatic carbocycles. The van der Waals surface area contributed by atoms with Crippen LogP contribution < -0.4 is 8.37 Å². The van der Waals surface area contributed by atoms with Crippen LogP contribution in [0.2, 0.25) is 0 Å². The smallest absolute Gasteiger partial charge is 0.137 e. The zero-order valence-corrected chi connectivity index (χ0v) is 30.6. The van der Waals surface area contributed by atoms with Gasteiger partial charge in [0.2, 0.25) is 0 Å². The molecule has 0 unspecified atom stereocenters. The quantitative estimate of drug-likeness (QED) is 0.102. The van der Waals surface area contributed by atoms with Crippen LogP contribution in [0.25, 0.3) is 23.3 Å². The third-order valence-corrected chi connectivity index (χ3v) is 10.1. The molecule has 0 radical (unpaired) electrons. The molecule has 0 amide bonds. The maximum Gasteiger partial charge on any atom is 0.137 e. The summed E-state index contributed by atoms with van der Waals surface area (Å²) in [6.07, 6.45) is 14.4. The van der Waals surface area contributed by atoms with Crippen molar-refractivity contribution < 1.29 is 8.37 Å². The van der Waals surface area contributed by atoms with E-state index in [1.165, 1.54) is 60.5 Å². The highest BCUT2D eigenvalue weighted by Crippen LogP contribution is 2.47. The van der Waals surface area contributed by atoms with E-state index in [1.54, 1.807) is 12.2 Å². The predicted octanol–water partition coefficient (Wildman–Crippen LogP) is 13.1. The normalized spacial score (nSPS) is 13.5. The summed E-state index contributed by atoms with van der Waals surface area (Å²) in [5, 5.41) is 14.8. The van der Waals surface area contributed by atoms with Crippen molar-refractivity contribution >= 4 is 59.8 Å². The Bertz CT molecular complexity index is 1690. The van der Waals surface area contributed by atoms with E-state index in [9.17, 15) is 0 Å². The van der Waals surface area contributed by atoms with Gasteiger partial charge in [-0.3, -0.25) is 0 Å². The van der Waals surface area contributed by atoms with Crippen molar-refractivity contribution in [3.05, 3.63) is 144 Å². The van der Waals surface area contributed by atoms with Gasteiger partial charge >= 0.3 is 0 Å². The molecular formula is C43H46N2O2S2. The van der Waals surface area contributed by atoms with Crippen molar-refractivity contribution in [2.45, 2.75) is 68.6 Å². The third kappa shape index (κ3) is 9.14. The molecular weight excluding hydrogens is 641 g/mol. The molecule has 1 aliphatic rings. The Morgan fingerprint density at radius 3 is 1.37 bits per heavy atom. The summed E-state index contributed by atoms with van der Waals surface area (Å²) in [7, 11) is 0. The highest BCUT2D eigenvalue weighted by molar-refractivity contribution is 7.95. The molecule has 0 aromatic heterocycles. The second-order valence-corrected chi connectivity index (χ2v) is 13.3. The van der Waals surface area contributed by atoms with Crippen LogP contribution in [0.4, 0.5) is 0 Å². The lowest BCUT2D eigenvalue weighted by molar-refractivity contribution is 0.532. The largest absolute Gasteiger partial charge is 0.421 e. The topological polar surface area (TPSA) is 66.2 Å². The van der Waals surface area contributed by atoms with Gasteiger partial charge in [-0.15, -0.1) is 0 Å². The standard InChI is InChI=1S/C41H40N2O2S2.C2H6/c1-29(2)35-11-7-15-39(37(35)13-9-27-42)46-44-33-21-17-31(18-22-33)41(25-5-6-26-41)32-19-23-34(24-20-32)45-47-40-16-8-12-36(30(3)4)38(40)14-10-28-43;1-2/h7-24,27-28,42-43H,1,3,5-6,25-26H2,2,4H3;1-2H3/b13-9-,14-10-,42-27?,43-28?;. The first-order chi connectivity index (χ1) is 23.9. The molecule has 252 valence electrons. The van der Waals surface area contributed by atoms with Gasteiger partial charge < -0.3 is 19.2 Å². The number of hydrogen-bond donors (Lipinski definition) is 2. The fourth-order valence-corrected chi connectivity index (χ4v) is 7.58. The van der Waals surface area contributed by atoms with E-state index in [1.807, 2.05) is 76.2 Å². The van der Waals surface area contributed by atoms with Crippen LogP contribution in [0.3, 0.4) is 0 Å². The van der Waals surface area contributed by atoms with Crippen LogP contribution >= 0.6 is 24.1 Å². The fraction of sp³-hybridized carbons (Fsp3) is 0.209. The Labute approximate surface area is 301 Å². The van der Waals surface area contributed by atoms with Gasteiger partial charge in [-0.1, -0.05) is 112 Å². The minimum atomic E-state index is -0.0432. The summed E-state index contributed by atoms with van der Waals surface area (Å²) in [4.78, 5) is 1.95. The lowest BCUT2D eigenvalue weighted by Crippen LogP contribution is -2.23. The number of allylic oxidation sites excluding steroid dienone is 4. The molecule has 5 rings (SSSR count). The summed E-state index contributed by atoms with van der Waals surface area (Å²) in [6.45, 7) is 16.2. The second-order valence-electron chi connectivity index (χ2n) is 11.7. The minimum Gasteiger partial charge on any atom is -0.421 e.